The molecule has 3 unspecified atom stereocenters. The molecule has 0 radical (unpaired) electrons. The number of ether oxygens (including phenoxy) is 1. The fraction of sp³-hybridized carbons (Fsp3) is 0.375. The van der Waals surface area contributed by atoms with E-state index in [1.165, 1.54) is 5.56 Å². The van der Waals surface area contributed by atoms with Crippen LogP contribution in [0.1, 0.15) is 52.7 Å². The predicted molar refractivity (Wildman–Crippen MR) is 111 cm³/mol. The van der Waals surface area contributed by atoms with Gasteiger partial charge in [-0.1, -0.05) is 42.5 Å². The van der Waals surface area contributed by atoms with Gasteiger partial charge in [0.25, 0.3) is 5.91 Å². The van der Waals surface area contributed by atoms with Gasteiger partial charge in [-0.15, -0.1) is 0 Å². The molecule has 0 bridgehead atoms. The Morgan fingerprint density at radius 2 is 1.86 bits per heavy atom. The van der Waals surface area contributed by atoms with Crippen LogP contribution in [0.5, 0.6) is 5.75 Å². The van der Waals surface area contributed by atoms with E-state index in [0.29, 0.717) is 11.8 Å². The van der Waals surface area contributed by atoms with E-state index in [2.05, 4.69) is 35.7 Å². The van der Waals surface area contributed by atoms with Crippen molar-refractivity contribution in [1.82, 2.24) is 4.90 Å². The second-order valence-corrected chi connectivity index (χ2v) is 7.99. The Morgan fingerprint density at radius 1 is 1.07 bits per heavy atom. The molecule has 1 amide bonds. The van der Waals surface area contributed by atoms with Gasteiger partial charge in [-0.05, 0) is 42.9 Å². The predicted octanol–water partition coefficient (Wildman–Crippen LogP) is 4.76. The number of methoxy groups -OCH3 is 1. The number of carbonyl (C=O) groups excluding carboxylic acids is 1. The molecule has 0 spiro atoms. The smallest absolute Gasteiger partial charge is 0.255 e. The maximum Gasteiger partial charge on any atom is 0.255 e. The summed E-state index contributed by atoms with van der Waals surface area (Å²) in [5.74, 6) is 1.82. The van der Waals surface area contributed by atoms with Gasteiger partial charge in [0.2, 0.25) is 0 Å². The minimum Gasteiger partial charge on any atom is -0.496 e. The molecule has 28 heavy (non-hydrogen) atoms. The highest BCUT2D eigenvalue weighted by molar-refractivity contribution is 6.01. The van der Waals surface area contributed by atoms with Crippen molar-refractivity contribution in [3.63, 3.8) is 0 Å². The number of carbonyl (C=O) groups is 1. The first-order valence-corrected chi connectivity index (χ1v) is 10.3. The maximum atomic E-state index is 13.2. The fourth-order valence-corrected chi connectivity index (χ4v) is 5.12. The zero-order valence-electron chi connectivity index (χ0n) is 16.2. The van der Waals surface area contributed by atoms with Crippen molar-refractivity contribution >= 4 is 11.6 Å². The van der Waals surface area contributed by atoms with Gasteiger partial charge in [0.05, 0.1) is 24.4 Å². The lowest BCUT2D eigenvalue weighted by Crippen LogP contribution is -2.33. The molecule has 0 saturated carbocycles. The Balaban J connectivity index is 1.59. The average Bonchev–Trinajstić information content (AvgIpc) is 3.44. The first kappa shape index (κ1) is 17.4. The highest BCUT2D eigenvalue weighted by atomic mass is 16.5. The number of anilines is 1. The number of para-hydroxylation sites is 2. The van der Waals surface area contributed by atoms with E-state index in [4.69, 9.17) is 4.74 Å². The highest BCUT2D eigenvalue weighted by Gasteiger charge is 2.40. The molecule has 3 aliphatic rings. The summed E-state index contributed by atoms with van der Waals surface area (Å²) in [5, 5.41) is 3.76. The topological polar surface area (TPSA) is 41.6 Å². The molecule has 2 heterocycles. The van der Waals surface area contributed by atoms with Crippen LogP contribution in [-0.4, -0.2) is 31.0 Å². The molecule has 1 aliphatic carbocycles. The summed E-state index contributed by atoms with van der Waals surface area (Å²) in [6.45, 7) is 1.73. The molecule has 5 rings (SSSR count). The Hall–Kier alpha value is -2.75. The van der Waals surface area contributed by atoms with Gasteiger partial charge in [0.1, 0.15) is 5.75 Å². The van der Waals surface area contributed by atoms with Crippen molar-refractivity contribution in [2.45, 2.75) is 31.2 Å². The van der Waals surface area contributed by atoms with Crippen molar-refractivity contribution in [2.24, 2.45) is 5.92 Å². The molecule has 2 aromatic rings. The number of benzene rings is 2. The molecule has 3 atom stereocenters. The van der Waals surface area contributed by atoms with Crippen molar-refractivity contribution in [3.05, 3.63) is 71.3 Å². The van der Waals surface area contributed by atoms with E-state index in [-0.39, 0.29) is 11.9 Å². The largest absolute Gasteiger partial charge is 0.496 e. The number of hydrogen-bond donors (Lipinski definition) is 1. The summed E-state index contributed by atoms with van der Waals surface area (Å²) >= 11 is 0. The second-order valence-electron chi connectivity index (χ2n) is 7.99. The van der Waals surface area contributed by atoms with Crippen LogP contribution in [-0.2, 0) is 0 Å². The Kier molecular flexibility index (Phi) is 4.34. The number of hydrogen-bond acceptors (Lipinski definition) is 3. The molecule has 2 aliphatic heterocycles. The summed E-state index contributed by atoms with van der Waals surface area (Å²) in [6.07, 6.45) is 7.83. The fourth-order valence-electron chi connectivity index (χ4n) is 5.12. The lowest BCUT2D eigenvalue weighted by Gasteiger charge is -2.39. The number of allylic oxidation sites excluding steroid dienone is 2. The van der Waals surface area contributed by atoms with Crippen molar-refractivity contribution in [2.75, 3.05) is 25.5 Å². The van der Waals surface area contributed by atoms with Gasteiger partial charge in [0.15, 0.2) is 0 Å². The summed E-state index contributed by atoms with van der Waals surface area (Å²) in [6, 6.07) is 14.5. The van der Waals surface area contributed by atoms with E-state index >= 15 is 0 Å². The van der Waals surface area contributed by atoms with E-state index in [1.807, 2.05) is 29.2 Å². The van der Waals surface area contributed by atoms with E-state index in [0.717, 1.165) is 54.9 Å². The Labute approximate surface area is 166 Å². The summed E-state index contributed by atoms with van der Waals surface area (Å²) < 4.78 is 5.66. The molecule has 4 heteroatoms. The lowest BCUT2D eigenvalue weighted by molar-refractivity contribution is 0.0793. The molecule has 1 fully saturated rings. The zero-order valence-corrected chi connectivity index (χ0v) is 16.2. The van der Waals surface area contributed by atoms with Crippen molar-refractivity contribution < 1.29 is 9.53 Å². The zero-order chi connectivity index (χ0) is 19.1. The van der Waals surface area contributed by atoms with Gasteiger partial charge in [-0.3, -0.25) is 4.79 Å². The van der Waals surface area contributed by atoms with Crippen molar-refractivity contribution in [1.29, 1.82) is 0 Å². The van der Waals surface area contributed by atoms with Crippen LogP contribution < -0.4 is 10.1 Å². The number of amides is 1. The van der Waals surface area contributed by atoms with Crippen LogP contribution in [0.25, 0.3) is 0 Å². The lowest BCUT2D eigenvalue weighted by atomic mass is 9.76. The van der Waals surface area contributed by atoms with Crippen LogP contribution in [0.4, 0.5) is 5.69 Å². The second kappa shape index (κ2) is 7.01. The quantitative estimate of drug-likeness (QED) is 0.788. The first-order valence-electron chi connectivity index (χ1n) is 10.3. The van der Waals surface area contributed by atoms with Gasteiger partial charge < -0.3 is 15.0 Å². The van der Waals surface area contributed by atoms with Crippen LogP contribution in [0.15, 0.2) is 54.6 Å². The minimum absolute atomic E-state index is 0.121. The summed E-state index contributed by atoms with van der Waals surface area (Å²) in [5.41, 5.74) is 4.22. The molecule has 144 valence electrons. The van der Waals surface area contributed by atoms with E-state index in [9.17, 15) is 4.79 Å². The number of fused-ring (bicyclic) bond motifs is 3. The van der Waals surface area contributed by atoms with Gasteiger partial charge >= 0.3 is 0 Å². The molecule has 1 saturated heterocycles. The number of likely N-dealkylation sites (tertiary alicyclic amines) is 1. The van der Waals surface area contributed by atoms with Gasteiger partial charge in [-0.25, -0.2) is 0 Å². The highest BCUT2D eigenvalue weighted by Crippen LogP contribution is 2.52. The Morgan fingerprint density at radius 3 is 2.68 bits per heavy atom. The van der Waals surface area contributed by atoms with Crippen LogP contribution in [0, 0.1) is 5.92 Å². The standard InChI is InChI=1S/C24H26N2O2/c1-28-21-13-3-2-8-19(21)22-17-10-6-9-16(17)18-11-7-12-20(23(18)25-22)24(27)26-14-4-5-15-26/h2-3,6-9,11-13,16-17,22,25H,4-5,10,14-15H2,1H3. The normalized spacial score (nSPS) is 25.2. The number of nitrogens with zero attached hydrogens (tertiary/aromatic N) is 1. The number of nitrogens with one attached hydrogen (secondary N) is 1. The molecule has 0 aromatic heterocycles. The van der Waals surface area contributed by atoms with Gasteiger partial charge in [-0.2, -0.15) is 0 Å². The summed E-state index contributed by atoms with van der Waals surface area (Å²) in [4.78, 5) is 15.2. The van der Waals surface area contributed by atoms with E-state index < -0.39 is 0 Å². The third-order valence-corrected chi connectivity index (χ3v) is 6.49. The SMILES string of the molecule is COc1ccccc1C1Nc2c(C(=O)N3CCCC3)cccc2C2C=CCC21. The molecule has 4 nitrogen and oxygen atoms in total. The molecular formula is C24H26N2O2. The minimum atomic E-state index is 0.121. The average molecular weight is 374 g/mol. The van der Waals surface area contributed by atoms with E-state index in [1.54, 1.807) is 7.11 Å². The molecule has 2 aromatic carbocycles. The Bertz CT molecular complexity index is 930. The third-order valence-electron chi connectivity index (χ3n) is 6.49. The summed E-state index contributed by atoms with van der Waals surface area (Å²) in [7, 11) is 1.72. The third kappa shape index (κ3) is 2.70. The molecular weight excluding hydrogens is 348 g/mol. The van der Waals surface area contributed by atoms with Crippen molar-refractivity contribution in [3.8, 4) is 5.75 Å². The molecule has 1 N–H and O–H groups in total. The monoisotopic (exact) mass is 374 g/mol. The van der Waals surface area contributed by atoms with Gasteiger partial charge in [0, 0.05) is 24.6 Å². The van der Waals surface area contributed by atoms with Crippen LogP contribution >= 0.6 is 0 Å². The first-order chi connectivity index (χ1) is 13.8. The number of rotatable bonds is 3. The van der Waals surface area contributed by atoms with Crippen LogP contribution in [0.2, 0.25) is 0 Å². The van der Waals surface area contributed by atoms with Crippen LogP contribution in [0.3, 0.4) is 0 Å². The maximum absolute atomic E-state index is 13.2.